The van der Waals surface area contributed by atoms with E-state index in [0.29, 0.717) is 13.2 Å². The van der Waals surface area contributed by atoms with E-state index in [1.807, 2.05) is 13.8 Å². The van der Waals surface area contributed by atoms with Crippen molar-refractivity contribution in [3.05, 3.63) is 16.1 Å². The van der Waals surface area contributed by atoms with Gasteiger partial charge in [-0.3, -0.25) is 4.99 Å². The molecule has 1 aliphatic carbocycles. The third-order valence-corrected chi connectivity index (χ3v) is 4.33. The number of hydrogen-bond acceptors (Lipinski definition) is 5. The van der Waals surface area contributed by atoms with Gasteiger partial charge in [0, 0.05) is 31.5 Å². The minimum absolute atomic E-state index is 0. The fourth-order valence-electron chi connectivity index (χ4n) is 2.08. The van der Waals surface area contributed by atoms with E-state index in [-0.39, 0.29) is 24.0 Å². The SMILES string of the molecule is CCNC(=NCC(O)COCC1CC1)NCCc1csc(C)n1.I. The van der Waals surface area contributed by atoms with E-state index in [1.165, 1.54) is 12.8 Å². The second-order valence-corrected chi connectivity index (χ2v) is 6.95. The number of aromatic nitrogens is 1. The van der Waals surface area contributed by atoms with Crippen LogP contribution in [0.15, 0.2) is 10.4 Å². The van der Waals surface area contributed by atoms with E-state index in [4.69, 9.17) is 4.74 Å². The standard InChI is InChI=1S/C16H28N4O2S.HI/c1-3-17-16(18-7-6-14-11-23-12(2)20-14)19-8-15(21)10-22-9-13-4-5-13;/h11,13,15,21H,3-10H2,1-2H3,(H2,17,18,19);1H. The van der Waals surface area contributed by atoms with Gasteiger partial charge in [0.15, 0.2) is 5.96 Å². The highest BCUT2D eigenvalue weighted by Gasteiger charge is 2.21. The van der Waals surface area contributed by atoms with Crippen molar-refractivity contribution < 1.29 is 9.84 Å². The lowest BCUT2D eigenvalue weighted by Gasteiger charge is -2.13. The van der Waals surface area contributed by atoms with Gasteiger partial charge in [0.25, 0.3) is 0 Å². The molecule has 1 heterocycles. The average molecular weight is 468 g/mol. The number of nitrogens with one attached hydrogen (secondary N) is 2. The lowest BCUT2D eigenvalue weighted by Crippen LogP contribution is -2.39. The van der Waals surface area contributed by atoms with E-state index in [9.17, 15) is 5.11 Å². The molecule has 0 radical (unpaired) electrons. The van der Waals surface area contributed by atoms with Gasteiger partial charge in [-0.25, -0.2) is 4.98 Å². The third-order valence-electron chi connectivity index (χ3n) is 3.51. The smallest absolute Gasteiger partial charge is 0.191 e. The lowest BCUT2D eigenvalue weighted by atomic mass is 10.3. The summed E-state index contributed by atoms with van der Waals surface area (Å²) in [5.41, 5.74) is 1.10. The number of hydrogen-bond donors (Lipinski definition) is 3. The molecule has 0 aliphatic heterocycles. The lowest BCUT2D eigenvalue weighted by molar-refractivity contribution is 0.0368. The number of aliphatic hydroxyl groups is 1. The second-order valence-electron chi connectivity index (χ2n) is 5.89. The van der Waals surface area contributed by atoms with Crippen LogP contribution >= 0.6 is 35.3 Å². The first kappa shape index (κ1) is 21.6. The number of thiazole rings is 1. The maximum absolute atomic E-state index is 9.91. The number of aliphatic imine (C=N–C) groups is 1. The van der Waals surface area contributed by atoms with E-state index in [1.54, 1.807) is 11.3 Å². The molecule has 1 aliphatic rings. The summed E-state index contributed by atoms with van der Waals surface area (Å²) < 4.78 is 5.49. The highest BCUT2D eigenvalue weighted by Crippen LogP contribution is 2.28. The Balaban J connectivity index is 0.00000288. The monoisotopic (exact) mass is 468 g/mol. The minimum Gasteiger partial charge on any atom is -0.389 e. The van der Waals surface area contributed by atoms with Gasteiger partial charge in [-0.1, -0.05) is 0 Å². The molecule has 0 bridgehead atoms. The fraction of sp³-hybridized carbons (Fsp3) is 0.750. The Hall–Kier alpha value is -0.450. The van der Waals surface area contributed by atoms with Crippen LogP contribution in [0.2, 0.25) is 0 Å². The molecule has 1 unspecified atom stereocenters. The van der Waals surface area contributed by atoms with Crippen molar-refractivity contribution >= 4 is 41.3 Å². The van der Waals surface area contributed by atoms with Crippen molar-refractivity contribution in [2.75, 3.05) is 32.8 Å². The zero-order valence-electron chi connectivity index (χ0n) is 14.5. The molecule has 0 aromatic carbocycles. The molecule has 138 valence electrons. The van der Waals surface area contributed by atoms with Crippen LogP contribution in [0.4, 0.5) is 0 Å². The normalized spacial score (nSPS) is 15.7. The summed E-state index contributed by atoms with van der Waals surface area (Å²) in [6.07, 6.45) is 2.84. The predicted molar refractivity (Wildman–Crippen MR) is 110 cm³/mol. The molecule has 8 heteroatoms. The Morgan fingerprint density at radius 1 is 1.50 bits per heavy atom. The number of ether oxygens (including phenoxy) is 1. The van der Waals surface area contributed by atoms with Crippen molar-refractivity contribution in [1.29, 1.82) is 0 Å². The fourth-order valence-corrected chi connectivity index (χ4v) is 2.73. The van der Waals surface area contributed by atoms with Gasteiger partial charge < -0.3 is 20.5 Å². The highest BCUT2D eigenvalue weighted by molar-refractivity contribution is 14.0. The first-order chi connectivity index (χ1) is 11.2. The Labute approximate surface area is 165 Å². The number of nitrogens with zero attached hydrogens (tertiary/aromatic N) is 2. The van der Waals surface area contributed by atoms with Crippen LogP contribution in [-0.2, 0) is 11.2 Å². The van der Waals surface area contributed by atoms with Gasteiger partial charge in [0.1, 0.15) is 0 Å². The first-order valence-corrected chi connectivity index (χ1v) is 9.24. The van der Waals surface area contributed by atoms with Gasteiger partial charge in [-0.2, -0.15) is 0 Å². The van der Waals surface area contributed by atoms with Crippen LogP contribution in [0, 0.1) is 12.8 Å². The Morgan fingerprint density at radius 3 is 2.92 bits per heavy atom. The molecule has 1 aromatic rings. The minimum atomic E-state index is -0.551. The maximum Gasteiger partial charge on any atom is 0.191 e. The summed E-state index contributed by atoms with van der Waals surface area (Å²) in [5.74, 6) is 1.44. The maximum atomic E-state index is 9.91. The molecule has 24 heavy (non-hydrogen) atoms. The van der Waals surface area contributed by atoms with Crippen LogP contribution in [-0.4, -0.2) is 55.0 Å². The number of aryl methyl sites for hydroxylation is 1. The molecule has 1 atom stereocenters. The molecule has 1 aromatic heterocycles. The van der Waals surface area contributed by atoms with Crippen LogP contribution in [0.25, 0.3) is 0 Å². The van der Waals surface area contributed by atoms with E-state index >= 15 is 0 Å². The summed E-state index contributed by atoms with van der Waals surface area (Å²) in [6, 6.07) is 0. The third kappa shape index (κ3) is 9.14. The van der Waals surface area contributed by atoms with E-state index in [2.05, 4.69) is 26.0 Å². The molecular weight excluding hydrogens is 439 g/mol. The summed E-state index contributed by atoms with van der Waals surface area (Å²) in [7, 11) is 0. The Morgan fingerprint density at radius 2 is 2.29 bits per heavy atom. The Kier molecular flexibility index (Phi) is 10.8. The zero-order valence-corrected chi connectivity index (χ0v) is 17.6. The van der Waals surface area contributed by atoms with Gasteiger partial charge >= 0.3 is 0 Å². The van der Waals surface area contributed by atoms with Crippen molar-refractivity contribution in [2.45, 2.75) is 39.2 Å². The molecule has 3 N–H and O–H groups in total. The number of guanidine groups is 1. The van der Waals surface area contributed by atoms with Crippen LogP contribution in [0.1, 0.15) is 30.5 Å². The topological polar surface area (TPSA) is 78.8 Å². The summed E-state index contributed by atoms with van der Waals surface area (Å²) >= 11 is 1.67. The molecule has 6 nitrogen and oxygen atoms in total. The molecule has 2 rings (SSSR count). The van der Waals surface area contributed by atoms with Gasteiger partial charge in [-0.05, 0) is 32.6 Å². The first-order valence-electron chi connectivity index (χ1n) is 8.36. The average Bonchev–Trinajstić information content (AvgIpc) is 3.26. The second kappa shape index (κ2) is 12.0. The molecule has 1 saturated carbocycles. The number of halogens is 1. The molecule has 0 saturated heterocycles. The largest absolute Gasteiger partial charge is 0.389 e. The molecular formula is C16H29IN4O2S. The van der Waals surface area contributed by atoms with E-state index < -0.39 is 6.10 Å². The Bertz CT molecular complexity index is 494. The van der Waals surface area contributed by atoms with Crippen molar-refractivity contribution in [1.82, 2.24) is 15.6 Å². The summed E-state index contributed by atoms with van der Waals surface area (Å²) in [4.78, 5) is 8.85. The van der Waals surface area contributed by atoms with E-state index in [0.717, 1.165) is 48.7 Å². The molecule has 0 spiro atoms. The number of aliphatic hydroxyl groups excluding tert-OH is 1. The predicted octanol–water partition coefficient (Wildman–Crippen LogP) is 1.95. The molecule has 1 fully saturated rings. The van der Waals surface area contributed by atoms with Crippen LogP contribution in [0.3, 0.4) is 0 Å². The van der Waals surface area contributed by atoms with Crippen molar-refractivity contribution in [2.24, 2.45) is 10.9 Å². The van der Waals surface area contributed by atoms with Gasteiger partial charge in [0.05, 0.1) is 30.0 Å². The quantitative estimate of drug-likeness (QED) is 0.278. The summed E-state index contributed by atoms with van der Waals surface area (Å²) in [6.45, 7) is 7.06. The van der Waals surface area contributed by atoms with Crippen molar-refractivity contribution in [3.8, 4) is 0 Å². The van der Waals surface area contributed by atoms with Crippen molar-refractivity contribution in [3.63, 3.8) is 0 Å². The van der Waals surface area contributed by atoms with Crippen LogP contribution in [0.5, 0.6) is 0 Å². The molecule has 0 amide bonds. The summed E-state index contributed by atoms with van der Waals surface area (Å²) in [5, 5.41) is 19.5. The van der Waals surface area contributed by atoms with Gasteiger partial charge in [-0.15, -0.1) is 35.3 Å². The highest BCUT2D eigenvalue weighted by atomic mass is 127. The number of rotatable bonds is 10. The van der Waals surface area contributed by atoms with Gasteiger partial charge in [0.2, 0.25) is 0 Å². The van der Waals surface area contributed by atoms with Crippen LogP contribution < -0.4 is 10.6 Å². The zero-order chi connectivity index (χ0) is 16.5.